The smallest absolute Gasteiger partial charge is 0.222 e. The Labute approximate surface area is 145 Å². The number of aromatic amines is 1. The third kappa shape index (κ3) is 3.54. The Morgan fingerprint density at radius 1 is 1.20 bits per heavy atom. The van der Waals surface area contributed by atoms with E-state index in [1.54, 1.807) is 6.20 Å². The summed E-state index contributed by atoms with van der Waals surface area (Å²) in [4.78, 5) is 11.1. The van der Waals surface area contributed by atoms with Crippen LogP contribution in [0, 0.1) is 0 Å². The molecule has 3 heterocycles. The first-order valence-electron chi connectivity index (χ1n) is 8.40. The fourth-order valence-corrected chi connectivity index (χ4v) is 3.02. The van der Waals surface area contributed by atoms with Crippen molar-refractivity contribution < 1.29 is 4.74 Å². The highest BCUT2D eigenvalue weighted by atomic mass is 16.5. The van der Waals surface area contributed by atoms with Crippen LogP contribution in [0.3, 0.4) is 0 Å². The summed E-state index contributed by atoms with van der Waals surface area (Å²) in [5.41, 5.74) is 8.67. The first-order valence-corrected chi connectivity index (χ1v) is 8.40. The van der Waals surface area contributed by atoms with Crippen LogP contribution in [0.25, 0.3) is 22.2 Å². The molecule has 0 atom stereocenters. The molecule has 4 N–H and O–H groups in total. The maximum absolute atomic E-state index is 5.90. The number of benzene rings is 1. The maximum atomic E-state index is 5.90. The molecule has 0 bridgehead atoms. The van der Waals surface area contributed by atoms with Crippen LogP contribution in [-0.2, 0) is 4.74 Å². The number of hydrogen-bond acceptors (Lipinski definition) is 7. The fourth-order valence-electron chi connectivity index (χ4n) is 3.02. The van der Waals surface area contributed by atoms with Gasteiger partial charge in [0.15, 0.2) is 0 Å². The SMILES string of the molecule is Nc1nc(NCCN2CCOCC2)c2ccc(-c3ccn[nH]3)cc2n1. The Hall–Kier alpha value is -2.71. The van der Waals surface area contributed by atoms with Gasteiger partial charge in [0.2, 0.25) is 5.95 Å². The van der Waals surface area contributed by atoms with Crippen LogP contribution < -0.4 is 11.1 Å². The highest BCUT2D eigenvalue weighted by molar-refractivity contribution is 5.92. The minimum atomic E-state index is 0.267. The molecule has 1 saturated heterocycles. The number of hydrogen-bond donors (Lipinski definition) is 3. The van der Waals surface area contributed by atoms with Gasteiger partial charge in [-0.05, 0) is 18.2 Å². The van der Waals surface area contributed by atoms with Gasteiger partial charge in [0.1, 0.15) is 5.82 Å². The van der Waals surface area contributed by atoms with Gasteiger partial charge in [0.25, 0.3) is 0 Å². The molecule has 8 heteroatoms. The van der Waals surface area contributed by atoms with Crippen LogP contribution in [0.5, 0.6) is 0 Å². The monoisotopic (exact) mass is 339 g/mol. The molecule has 0 amide bonds. The molecule has 0 unspecified atom stereocenters. The van der Waals surface area contributed by atoms with Gasteiger partial charge in [0, 0.05) is 43.3 Å². The van der Waals surface area contributed by atoms with Crippen LogP contribution in [0.2, 0.25) is 0 Å². The molecule has 25 heavy (non-hydrogen) atoms. The van der Waals surface area contributed by atoms with Gasteiger partial charge in [-0.2, -0.15) is 10.1 Å². The number of nitrogen functional groups attached to an aromatic ring is 1. The van der Waals surface area contributed by atoms with E-state index in [0.29, 0.717) is 0 Å². The molecule has 0 aliphatic carbocycles. The van der Waals surface area contributed by atoms with Gasteiger partial charge in [-0.15, -0.1) is 0 Å². The number of H-pyrrole nitrogens is 1. The Morgan fingerprint density at radius 2 is 2.08 bits per heavy atom. The first-order chi connectivity index (χ1) is 12.3. The zero-order chi connectivity index (χ0) is 17.1. The standard InChI is InChI=1S/C17H21N7O/c18-17-21-15-11-12(14-3-4-20-23-14)1-2-13(15)16(22-17)19-5-6-24-7-9-25-10-8-24/h1-4,11H,5-10H2,(H,20,23)(H3,18,19,21,22). The molecule has 130 valence electrons. The Morgan fingerprint density at radius 3 is 2.88 bits per heavy atom. The van der Waals surface area contributed by atoms with E-state index >= 15 is 0 Å². The largest absolute Gasteiger partial charge is 0.379 e. The maximum Gasteiger partial charge on any atom is 0.222 e. The number of fused-ring (bicyclic) bond motifs is 1. The van der Waals surface area contributed by atoms with Crippen molar-refractivity contribution in [3.05, 3.63) is 30.5 Å². The van der Waals surface area contributed by atoms with Gasteiger partial charge in [-0.3, -0.25) is 10.00 Å². The number of aromatic nitrogens is 4. The van der Waals surface area contributed by atoms with Crippen molar-refractivity contribution in [2.45, 2.75) is 0 Å². The lowest BCUT2D eigenvalue weighted by molar-refractivity contribution is 0.0398. The molecule has 8 nitrogen and oxygen atoms in total. The quantitative estimate of drug-likeness (QED) is 0.644. The zero-order valence-corrected chi connectivity index (χ0v) is 13.9. The Kier molecular flexibility index (Phi) is 4.45. The second-order valence-corrected chi connectivity index (χ2v) is 6.01. The second-order valence-electron chi connectivity index (χ2n) is 6.01. The lowest BCUT2D eigenvalue weighted by Crippen LogP contribution is -2.39. The van der Waals surface area contributed by atoms with E-state index in [4.69, 9.17) is 10.5 Å². The van der Waals surface area contributed by atoms with Crippen molar-refractivity contribution in [2.24, 2.45) is 0 Å². The molecule has 1 aromatic carbocycles. The van der Waals surface area contributed by atoms with Crippen LogP contribution in [0.4, 0.5) is 11.8 Å². The lowest BCUT2D eigenvalue weighted by atomic mass is 10.1. The summed E-state index contributed by atoms with van der Waals surface area (Å²) in [5.74, 6) is 1.04. The van der Waals surface area contributed by atoms with Crippen LogP contribution >= 0.6 is 0 Å². The minimum absolute atomic E-state index is 0.267. The molecule has 0 spiro atoms. The van der Waals surface area contributed by atoms with Crippen molar-refractivity contribution in [1.29, 1.82) is 0 Å². The molecule has 4 rings (SSSR count). The van der Waals surface area contributed by atoms with Crippen LogP contribution in [-0.4, -0.2) is 64.5 Å². The third-order valence-corrected chi connectivity index (χ3v) is 4.35. The van der Waals surface area contributed by atoms with E-state index in [0.717, 1.165) is 67.4 Å². The van der Waals surface area contributed by atoms with Gasteiger partial charge in [-0.25, -0.2) is 4.98 Å². The average molecular weight is 339 g/mol. The normalized spacial score (nSPS) is 15.5. The van der Waals surface area contributed by atoms with E-state index in [2.05, 4.69) is 30.4 Å². The van der Waals surface area contributed by atoms with E-state index < -0.39 is 0 Å². The molecule has 0 radical (unpaired) electrons. The van der Waals surface area contributed by atoms with Gasteiger partial charge in [0.05, 0.1) is 24.4 Å². The summed E-state index contributed by atoms with van der Waals surface area (Å²) in [6, 6.07) is 7.96. The molecular formula is C17H21N7O. The number of morpholine rings is 1. The molecule has 0 saturated carbocycles. The predicted molar refractivity (Wildman–Crippen MR) is 97.3 cm³/mol. The molecule has 1 fully saturated rings. The van der Waals surface area contributed by atoms with Crippen molar-refractivity contribution in [1.82, 2.24) is 25.1 Å². The summed E-state index contributed by atoms with van der Waals surface area (Å²) in [7, 11) is 0. The topological polar surface area (TPSA) is 105 Å². The second kappa shape index (κ2) is 7.04. The lowest BCUT2D eigenvalue weighted by Gasteiger charge is -2.26. The minimum Gasteiger partial charge on any atom is -0.379 e. The van der Waals surface area contributed by atoms with Crippen molar-refractivity contribution in [2.75, 3.05) is 50.4 Å². The van der Waals surface area contributed by atoms with E-state index in [9.17, 15) is 0 Å². The van der Waals surface area contributed by atoms with Gasteiger partial charge in [-0.1, -0.05) is 6.07 Å². The Bertz CT molecular complexity index is 844. The number of nitrogens with one attached hydrogen (secondary N) is 2. The molecule has 3 aromatic rings. The summed E-state index contributed by atoms with van der Waals surface area (Å²) in [6.07, 6.45) is 1.73. The van der Waals surface area contributed by atoms with Crippen LogP contribution in [0.15, 0.2) is 30.5 Å². The summed E-state index contributed by atoms with van der Waals surface area (Å²) >= 11 is 0. The van der Waals surface area contributed by atoms with Gasteiger partial charge >= 0.3 is 0 Å². The number of ether oxygens (including phenoxy) is 1. The summed E-state index contributed by atoms with van der Waals surface area (Å²) in [5, 5.41) is 11.3. The van der Waals surface area contributed by atoms with Crippen molar-refractivity contribution in [3.63, 3.8) is 0 Å². The van der Waals surface area contributed by atoms with Crippen molar-refractivity contribution >= 4 is 22.7 Å². The number of anilines is 2. The molecule has 1 aliphatic rings. The van der Waals surface area contributed by atoms with E-state index in [1.165, 1.54) is 0 Å². The number of rotatable bonds is 5. The number of nitrogens with two attached hydrogens (primary N) is 1. The third-order valence-electron chi connectivity index (χ3n) is 4.35. The fraction of sp³-hybridized carbons (Fsp3) is 0.353. The van der Waals surface area contributed by atoms with Crippen LogP contribution in [0.1, 0.15) is 0 Å². The highest BCUT2D eigenvalue weighted by Gasteiger charge is 2.11. The highest BCUT2D eigenvalue weighted by Crippen LogP contribution is 2.26. The average Bonchev–Trinajstić information content (AvgIpc) is 3.16. The predicted octanol–water partition coefficient (Wildman–Crippen LogP) is 1.35. The molecular weight excluding hydrogens is 318 g/mol. The molecule has 1 aliphatic heterocycles. The van der Waals surface area contributed by atoms with Crippen molar-refractivity contribution in [3.8, 4) is 11.3 Å². The summed E-state index contributed by atoms with van der Waals surface area (Å²) < 4.78 is 5.37. The zero-order valence-electron chi connectivity index (χ0n) is 13.9. The van der Waals surface area contributed by atoms with Gasteiger partial charge < -0.3 is 15.8 Å². The number of nitrogens with zero attached hydrogens (tertiary/aromatic N) is 4. The molecule has 2 aromatic heterocycles. The summed E-state index contributed by atoms with van der Waals surface area (Å²) in [6.45, 7) is 5.30. The first kappa shape index (κ1) is 15.8. The Balaban J connectivity index is 1.53. The van der Waals surface area contributed by atoms with E-state index in [-0.39, 0.29) is 5.95 Å². The van der Waals surface area contributed by atoms with E-state index in [1.807, 2.05) is 24.3 Å².